The maximum Gasteiger partial charge on any atom is 0.332 e. The summed E-state index contributed by atoms with van der Waals surface area (Å²) >= 11 is 0. The fraction of sp³-hybridized carbons (Fsp3) is 0.923. The molecule has 100 valence electrons. The van der Waals surface area contributed by atoms with Crippen LogP contribution in [-0.2, 0) is 9.53 Å². The van der Waals surface area contributed by atoms with Crippen molar-refractivity contribution < 1.29 is 14.6 Å². The van der Waals surface area contributed by atoms with Gasteiger partial charge >= 0.3 is 5.97 Å². The van der Waals surface area contributed by atoms with Gasteiger partial charge in [0, 0.05) is 0 Å². The Morgan fingerprint density at radius 3 is 2.65 bits per heavy atom. The predicted octanol–water partition coefficient (Wildman–Crippen LogP) is 2.18. The van der Waals surface area contributed by atoms with Crippen molar-refractivity contribution in [3.63, 3.8) is 0 Å². The van der Waals surface area contributed by atoms with E-state index < -0.39 is 12.1 Å². The molecule has 0 aromatic rings. The Bertz CT molecular complexity index is 215. The highest BCUT2D eigenvalue weighted by molar-refractivity contribution is 5.72. The lowest BCUT2D eigenvalue weighted by molar-refractivity contribution is -0.156. The lowest BCUT2D eigenvalue weighted by Crippen LogP contribution is -2.37. The molecule has 1 rings (SSSR count). The van der Waals surface area contributed by atoms with E-state index in [1.807, 2.05) is 0 Å². The average molecular weight is 243 g/mol. The van der Waals surface area contributed by atoms with E-state index in [0.29, 0.717) is 6.42 Å². The number of piperidine rings is 1. The van der Waals surface area contributed by atoms with Crippen LogP contribution in [0.2, 0.25) is 0 Å². The highest BCUT2D eigenvalue weighted by Crippen LogP contribution is 2.15. The second-order valence-corrected chi connectivity index (χ2v) is 4.76. The Labute approximate surface area is 104 Å². The van der Waals surface area contributed by atoms with Crippen LogP contribution in [0.1, 0.15) is 51.9 Å². The number of hydrogen-bond donors (Lipinski definition) is 2. The fourth-order valence-electron chi connectivity index (χ4n) is 2.17. The van der Waals surface area contributed by atoms with E-state index in [1.54, 1.807) is 0 Å². The molecule has 1 atom stereocenters. The maximum absolute atomic E-state index is 11.1. The van der Waals surface area contributed by atoms with Crippen LogP contribution in [0, 0.1) is 0 Å². The van der Waals surface area contributed by atoms with Gasteiger partial charge in [-0.2, -0.15) is 0 Å². The Morgan fingerprint density at radius 2 is 2.06 bits per heavy atom. The van der Waals surface area contributed by atoms with Gasteiger partial charge in [-0.05, 0) is 32.4 Å². The number of rotatable bonds is 8. The summed E-state index contributed by atoms with van der Waals surface area (Å²) in [4.78, 5) is 11.1. The molecule has 1 heterocycles. The van der Waals surface area contributed by atoms with Crippen LogP contribution in [-0.4, -0.2) is 36.4 Å². The van der Waals surface area contributed by atoms with Crippen molar-refractivity contribution in [3.8, 4) is 0 Å². The smallest absolute Gasteiger partial charge is 0.332 e. The number of carboxylic acids is 1. The van der Waals surface area contributed by atoms with E-state index in [1.165, 1.54) is 12.8 Å². The zero-order chi connectivity index (χ0) is 12.5. The van der Waals surface area contributed by atoms with Gasteiger partial charge in [0.15, 0.2) is 6.10 Å². The van der Waals surface area contributed by atoms with E-state index in [0.717, 1.165) is 38.8 Å². The van der Waals surface area contributed by atoms with Gasteiger partial charge in [-0.3, -0.25) is 0 Å². The van der Waals surface area contributed by atoms with Crippen molar-refractivity contribution >= 4 is 5.97 Å². The SMILES string of the molecule is CCCCCCC(OC1CCNCC1)C(=O)O. The van der Waals surface area contributed by atoms with Gasteiger partial charge in [-0.1, -0.05) is 32.6 Å². The van der Waals surface area contributed by atoms with E-state index in [-0.39, 0.29) is 6.10 Å². The lowest BCUT2D eigenvalue weighted by atomic mass is 10.1. The first kappa shape index (κ1) is 14.5. The van der Waals surface area contributed by atoms with Crippen LogP contribution in [0.15, 0.2) is 0 Å². The molecular formula is C13H25NO3. The first-order valence-corrected chi connectivity index (χ1v) is 6.83. The average Bonchev–Trinajstić information content (AvgIpc) is 2.34. The van der Waals surface area contributed by atoms with Crippen molar-refractivity contribution in [3.05, 3.63) is 0 Å². The minimum absolute atomic E-state index is 0.128. The highest BCUT2D eigenvalue weighted by Gasteiger charge is 2.23. The van der Waals surface area contributed by atoms with Crippen LogP contribution in [0.4, 0.5) is 0 Å². The topological polar surface area (TPSA) is 58.6 Å². The van der Waals surface area contributed by atoms with Crippen molar-refractivity contribution in [1.29, 1.82) is 0 Å². The third kappa shape index (κ3) is 6.03. The van der Waals surface area contributed by atoms with E-state index in [9.17, 15) is 4.79 Å². The van der Waals surface area contributed by atoms with Gasteiger partial charge in [-0.15, -0.1) is 0 Å². The van der Waals surface area contributed by atoms with Gasteiger partial charge in [0.05, 0.1) is 6.10 Å². The molecule has 0 aromatic carbocycles. The molecule has 1 aliphatic rings. The fourth-order valence-corrected chi connectivity index (χ4v) is 2.17. The van der Waals surface area contributed by atoms with Crippen molar-refractivity contribution in [2.24, 2.45) is 0 Å². The normalized spacial score (nSPS) is 19.1. The first-order valence-electron chi connectivity index (χ1n) is 6.83. The molecule has 0 amide bonds. The number of hydrogen-bond acceptors (Lipinski definition) is 3. The Balaban J connectivity index is 2.24. The van der Waals surface area contributed by atoms with Gasteiger partial charge in [0.25, 0.3) is 0 Å². The number of carboxylic acid groups (broad SMARTS) is 1. The molecule has 0 bridgehead atoms. The predicted molar refractivity (Wildman–Crippen MR) is 67.2 cm³/mol. The first-order chi connectivity index (χ1) is 8.24. The largest absolute Gasteiger partial charge is 0.479 e. The summed E-state index contributed by atoms with van der Waals surface area (Å²) in [5.74, 6) is -0.806. The lowest BCUT2D eigenvalue weighted by Gasteiger charge is -2.26. The summed E-state index contributed by atoms with van der Waals surface area (Å²) in [7, 11) is 0. The van der Waals surface area contributed by atoms with Crippen molar-refractivity contribution in [1.82, 2.24) is 5.32 Å². The molecule has 4 heteroatoms. The molecule has 0 aliphatic carbocycles. The molecule has 1 saturated heterocycles. The number of ether oxygens (including phenoxy) is 1. The standard InChI is InChI=1S/C13H25NO3/c1-2-3-4-5-6-12(13(15)16)17-11-7-9-14-10-8-11/h11-12,14H,2-10H2,1H3,(H,15,16). The molecule has 2 N–H and O–H groups in total. The van der Waals surface area contributed by atoms with Gasteiger partial charge < -0.3 is 15.2 Å². The number of aliphatic carboxylic acids is 1. The molecule has 0 saturated carbocycles. The van der Waals surface area contributed by atoms with Gasteiger partial charge in [0.2, 0.25) is 0 Å². The van der Waals surface area contributed by atoms with Crippen LogP contribution in [0.3, 0.4) is 0 Å². The summed E-state index contributed by atoms with van der Waals surface area (Å²) < 4.78 is 5.69. The minimum atomic E-state index is -0.806. The van der Waals surface area contributed by atoms with E-state index >= 15 is 0 Å². The highest BCUT2D eigenvalue weighted by atomic mass is 16.5. The molecular weight excluding hydrogens is 218 g/mol. The summed E-state index contributed by atoms with van der Waals surface area (Å²) in [5.41, 5.74) is 0. The van der Waals surface area contributed by atoms with Crippen LogP contribution < -0.4 is 5.32 Å². The molecule has 1 fully saturated rings. The van der Waals surface area contributed by atoms with Crippen LogP contribution >= 0.6 is 0 Å². The number of nitrogens with one attached hydrogen (secondary N) is 1. The zero-order valence-corrected chi connectivity index (χ0v) is 10.8. The molecule has 17 heavy (non-hydrogen) atoms. The van der Waals surface area contributed by atoms with Gasteiger partial charge in [-0.25, -0.2) is 4.79 Å². The summed E-state index contributed by atoms with van der Waals surface area (Å²) in [6, 6.07) is 0. The minimum Gasteiger partial charge on any atom is -0.479 e. The molecule has 1 aliphatic heterocycles. The van der Waals surface area contributed by atoms with Gasteiger partial charge in [0.1, 0.15) is 0 Å². The Kier molecular flexibility index (Phi) is 7.21. The van der Waals surface area contributed by atoms with Crippen molar-refractivity contribution in [2.45, 2.75) is 64.1 Å². The number of carbonyl (C=O) groups is 1. The Hall–Kier alpha value is -0.610. The monoisotopic (exact) mass is 243 g/mol. The molecule has 4 nitrogen and oxygen atoms in total. The third-order valence-corrected chi connectivity index (χ3v) is 3.24. The quantitative estimate of drug-likeness (QED) is 0.641. The molecule has 0 radical (unpaired) electrons. The second-order valence-electron chi connectivity index (χ2n) is 4.76. The summed E-state index contributed by atoms with van der Waals surface area (Å²) in [6.45, 7) is 4.03. The third-order valence-electron chi connectivity index (χ3n) is 3.24. The van der Waals surface area contributed by atoms with Crippen molar-refractivity contribution in [2.75, 3.05) is 13.1 Å². The van der Waals surface area contributed by atoms with E-state index in [2.05, 4.69) is 12.2 Å². The van der Waals surface area contributed by atoms with Crippen LogP contribution in [0.5, 0.6) is 0 Å². The second kappa shape index (κ2) is 8.48. The molecule has 0 spiro atoms. The van der Waals surface area contributed by atoms with E-state index in [4.69, 9.17) is 9.84 Å². The molecule has 0 aromatic heterocycles. The van der Waals surface area contributed by atoms with Crippen LogP contribution in [0.25, 0.3) is 0 Å². The molecule has 1 unspecified atom stereocenters. The summed E-state index contributed by atoms with van der Waals surface area (Å²) in [6.07, 6.45) is 6.45. The maximum atomic E-state index is 11.1. The summed E-state index contributed by atoms with van der Waals surface area (Å²) in [5, 5.41) is 12.4. The zero-order valence-electron chi connectivity index (χ0n) is 10.8. The Morgan fingerprint density at radius 1 is 1.35 bits per heavy atom. The number of unbranched alkanes of at least 4 members (excludes halogenated alkanes) is 3.